The molecule has 1 aromatic carbocycles. The molecule has 2 heterocycles. The van der Waals surface area contributed by atoms with Crippen molar-refractivity contribution in [2.24, 2.45) is 0 Å². The second kappa shape index (κ2) is 8.16. The van der Waals surface area contributed by atoms with Crippen LogP contribution in [0, 0.1) is 0 Å². The Bertz CT molecular complexity index is 1000. The number of sulfonamides is 1. The summed E-state index contributed by atoms with van der Waals surface area (Å²) in [7, 11) is -3.40. The number of nitrogens with one attached hydrogen (secondary N) is 2. The first-order valence-corrected chi connectivity index (χ1v) is 11.8. The molecule has 0 saturated carbocycles. The third-order valence-corrected chi connectivity index (χ3v) is 6.66. The van der Waals surface area contributed by atoms with Crippen LogP contribution in [-0.2, 0) is 15.8 Å². The minimum atomic E-state index is -3.40. The number of hydrogen-bond acceptors (Lipinski definition) is 8. The van der Waals surface area contributed by atoms with Gasteiger partial charge >= 0.3 is 0 Å². The van der Waals surface area contributed by atoms with Crippen molar-refractivity contribution >= 4 is 61.2 Å². The maximum atomic E-state index is 12.3. The number of thioether (sulfide) groups is 1. The maximum absolute atomic E-state index is 12.3. The summed E-state index contributed by atoms with van der Waals surface area (Å²) in [6.07, 6.45) is 1.05. The molecule has 0 bridgehead atoms. The largest absolute Gasteiger partial charge is 0.296 e. The quantitative estimate of drug-likeness (QED) is 0.443. The summed E-state index contributed by atoms with van der Waals surface area (Å²) in [6.45, 7) is 0. The van der Waals surface area contributed by atoms with Gasteiger partial charge in [-0.3, -0.25) is 14.8 Å². The van der Waals surface area contributed by atoms with Gasteiger partial charge in [-0.1, -0.05) is 35.2 Å². The van der Waals surface area contributed by atoms with Crippen LogP contribution >= 0.6 is 34.4 Å². The molecule has 0 unspecified atom stereocenters. The van der Waals surface area contributed by atoms with Gasteiger partial charge in [-0.2, -0.15) is 0 Å². The number of anilines is 2. The lowest BCUT2D eigenvalue weighted by Crippen LogP contribution is -2.13. The number of thiophene rings is 1. The number of aromatic nitrogens is 2. The molecule has 2 aromatic heterocycles. The molecule has 0 spiro atoms. The predicted molar refractivity (Wildman–Crippen MR) is 107 cm³/mol. The van der Waals surface area contributed by atoms with Gasteiger partial charge in [-0.05, 0) is 29.6 Å². The molecule has 0 fully saturated rings. The normalized spacial score (nSPS) is 11.3. The zero-order valence-electron chi connectivity index (χ0n) is 13.5. The van der Waals surface area contributed by atoms with Crippen molar-refractivity contribution in [3.8, 4) is 0 Å². The average molecular weight is 427 g/mol. The number of carbonyl (C=O) groups is 1. The molecule has 11 heteroatoms. The third-order valence-electron chi connectivity index (χ3n) is 2.97. The highest BCUT2D eigenvalue weighted by Gasteiger charge is 2.12. The van der Waals surface area contributed by atoms with Crippen LogP contribution in [0.5, 0.6) is 0 Å². The molecule has 0 aliphatic heterocycles. The Hall–Kier alpha value is -1.95. The van der Waals surface area contributed by atoms with Gasteiger partial charge in [0.25, 0.3) is 5.91 Å². The van der Waals surface area contributed by atoms with Crippen molar-refractivity contribution in [2.75, 3.05) is 16.3 Å². The van der Waals surface area contributed by atoms with E-state index in [-0.39, 0.29) is 5.91 Å². The van der Waals surface area contributed by atoms with Crippen LogP contribution in [0.3, 0.4) is 0 Å². The van der Waals surface area contributed by atoms with E-state index in [4.69, 9.17) is 0 Å². The van der Waals surface area contributed by atoms with E-state index < -0.39 is 10.0 Å². The SMILES string of the molecule is CS(=O)(=O)Nc1cccc(C(=O)Nc2nnc(SCc3cccs3)s2)c1. The molecule has 7 nitrogen and oxygen atoms in total. The molecule has 0 aliphatic carbocycles. The first-order chi connectivity index (χ1) is 12.4. The minimum Gasteiger partial charge on any atom is -0.296 e. The second-order valence-corrected chi connectivity index (χ2v) is 10.1. The van der Waals surface area contributed by atoms with E-state index in [9.17, 15) is 13.2 Å². The van der Waals surface area contributed by atoms with Crippen LogP contribution in [0.4, 0.5) is 10.8 Å². The van der Waals surface area contributed by atoms with E-state index in [2.05, 4.69) is 26.3 Å². The van der Waals surface area contributed by atoms with Crippen molar-refractivity contribution in [1.82, 2.24) is 10.2 Å². The number of rotatable bonds is 7. The highest BCUT2D eigenvalue weighted by atomic mass is 32.2. The Morgan fingerprint density at radius 1 is 1.23 bits per heavy atom. The van der Waals surface area contributed by atoms with Crippen molar-refractivity contribution in [3.63, 3.8) is 0 Å². The van der Waals surface area contributed by atoms with E-state index in [0.29, 0.717) is 16.4 Å². The smallest absolute Gasteiger partial charge is 0.257 e. The molecular formula is C15H14N4O3S4. The van der Waals surface area contributed by atoms with E-state index >= 15 is 0 Å². The minimum absolute atomic E-state index is 0.321. The summed E-state index contributed by atoms with van der Waals surface area (Å²) in [5.74, 6) is 0.424. The lowest BCUT2D eigenvalue weighted by molar-refractivity contribution is 0.102. The fourth-order valence-corrected chi connectivity index (χ4v) is 5.03. The Balaban J connectivity index is 1.62. The molecule has 0 atom stereocenters. The number of nitrogens with zero attached hydrogens (tertiary/aromatic N) is 2. The topological polar surface area (TPSA) is 101 Å². The molecule has 3 rings (SSSR count). The Kier molecular flexibility index (Phi) is 5.91. The molecular weight excluding hydrogens is 412 g/mol. The zero-order chi connectivity index (χ0) is 18.6. The monoisotopic (exact) mass is 426 g/mol. The summed E-state index contributed by atoms with van der Waals surface area (Å²) in [4.78, 5) is 13.6. The van der Waals surface area contributed by atoms with Crippen molar-refractivity contribution in [2.45, 2.75) is 10.1 Å². The Morgan fingerprint density at radius 2 is 2.08 bits per heavy atom. The second-order valence-electron chi connectivity index (χ2n) is 5.15. The molecule has 3 aromatic rings. The molecule has 1 amide bonds. The lowest BCUT2D eigenvalue weighted by atomic mass is 10.2. The fraction of sp³-hybridized carbons (Fsp3) is 0.133. The third kappa shape index (κ3) is 5.53. The average Bonchev–Trinajstić information content (AvgIpc) is 3.23. The standard InChI is InChI=1S/C15H14N4O3S4/c1-26(21,22)19-11-5-2-4-10(8-11)13(20)16-14-17-18-15(25-14)24-9-12-6-3-7-23-12/h2-8,19H,9H2,1H3,(H,16,17,20). The van der Waals surface area contributed by atoms with Gasteiger partial charge in [0.05, 0.1) is 6.26 Å². The van der Waals surface area contributed by atoms with E-state index in [1.54, 1.807) is 41.3 Å². The molecule has 26 heavy (non-hydrogen) atoms. The molecule has 0 aliphatic rings. The highest BCUT2D eigenvalue weighted by molar-refractivity contribution is 8.00. The maximum Gasteiger partial charge on any atom is 0.257 e. The molecule has 2 N–H and O–H groups in total. The molecule has 136 valence electrons. The van der Waals surface area contributed by atoms with Gasteiger partial charge in [0.15, 0.2) is 4.34 Å². The number of hydrogen-bond donors (Lipinski definition) is 2. The van der Waals surface area contributed by atoms with Crippen LogP contribution in [0.2, 0.25) is 0 Å². The van der Waals surface area contributed by atoms with Crippen LogP contribution in [0.25, 0.3) is 0 Å². The Labute approximate surface area is 162 Å². The number of carbonyl (C=O) groups excluding carboxylic acids is 1. The summed E-state index contributed by atoms with van der Waals surface area (Å²) < 4.78 is 25.7. The van der Waals surface area contributed by atoms with Crippen LogP contribution < -0.4 is 10.0 Å². The van der Waals surface area contributed by atoms with Crippen molar-refractivity contribution in [3.05, 3.63) is 52.2 Å². The van der Waals surface area contributed by atoms with Gasteiger partial charge in [-0.25, -0.2) is 8.42 Å². The van der Waals surface area contributed by atoms with Gasteiger partial charge < -0.3 is 0 Å². The van der Waals surface area contributed by atoms with Crippen LogP contribution in [-0.4, -0.2) is 30.8 Å². The van der Waals surface area contributed by atoms with E-state index in [0.717, 1.165) is 16.3 Å². The van der Waals surface area contributed by atoms with E-state index in [1.165, 1.54) is 22.3 Å². The zero-order valence-corrected chi connectivity index (χ0v) is 16.8. The van der Waals surface area contributed by atoms with Crippen molar-refractivity contribution in [1.29, 1.82) is 0 Å². The lowest BCUT2D eigenvalue weighted by Gasteiger charge is -2.06. The predicted octanol–water partition coefficient (Wildman–Crippen LogP) is 3.52. The van der Waals surface area contributed by atoms with Crippen molar-refractivity contribution < 1.29 is 13.2 Å². The number of benzene rings is 1. The summed E-state index contributed by atoms with van der Waals surface area (Å²) in [5, 5.41) is 13.1. The first kappa shape index (κ1) is 18.8. The molecule has 0 radical (unpaired) electrons. The van der Waals surface area contributed by atoms with Gasteiger partial charge in [0.2, 0.25) is 15.2 Å². The van der Waals surface area contributed by atoms with Gasteiger partial charge in [0, 0.05) is 21.9 Å². The van der Waals surface area contributed by atoms with Crippen LogP contribution in [0.1, 0.15) is 15.2 Å². The van der Waals surface area contributed by atoms with E-state index in [1.807, 2.05) is 11.4 Å². The highest BCUT2D eigenvalue weighted by Crippen LogP contribution is 2.29. The van der Waals surface area contributed by atoms with Gasteiger partial charge in [-0.15, -0.1) is 21.5 Å². The molecule has 0 saturated heterocycles. The number of amides is 1. The van der Waals surface area contributed by atoms with Gasteiger partial charge in [0.1, 0.15) is 0 Å². The summed E-state index contributed by atoms with van der Waals surface area (Å²) >= 11 is 4.53. The van der Waals surface area contributed by atoms with Crippen LogP contribution in [0.15, 0.2) is 46.1 Å². The summed E-state index contributed by atoms with van der Waals surface area (Å²) in [6, 6.07) is 10.3. The fourth-order valence-electron chi connectivity index (χ4n) is 1.95. The Morgan fingerprint density at radius 3 is 2.81 bits per heavy atom. The first-order valence-electron chi connectivity index (χ1n) is 7.27. The summed E-state index contributed by atoms with van der Waals surface area (Å²) in [5.41, 5.74) is 0.645.